The van der Waals surface area contributed by atoms with Gasteiger partial charge >= 0.3 is 0 Å². The zero-order valence-corrected chi connectivity index (χ0v) is 14.4. The summed E-state index contributed by atoms with van der Waals surface area (Å²) in [5.41, 5.74) is 2.59. The third-order valence-corrected chi connectivity index (χ3v) is 4.64. The van der Waals surface area contributed by atoms with Crippen molar-refractivity contribution in [1.82, 2.24) is 5.32 Å². The van der Waals surface area contributed by atoms with E-state index in [2.05, 4.69) is 28.2 Å². The second-order valence-corrected chi connectivity index (χ2v) is 6.33. The van der Waals surface area contributed by atoms with Gasteiger partial charge in [-0.2, -0.15) is 0 Å². The summed E-state index contributed by atoms with van der Waals surface area (Å²) in [4.78, 5) is 0. The molecule has 0 saturated heterocycles. The van der Waals surface area contributed by atoms with Crippen LogP contribution >= 0.6 is 27.5 Å². The van der Waals surface area contributed by atoms with Gasteiger partial charge in [0.1, 0.15) is 5.82 Å². The Kier molecular flexibility index (Phi) is 5.80. The van der Waals surface area contributed by atoms with Crippen LogP contribution in [0, 0.1) is 12.7 Å². The van der Waals surface area contributed by atoms with E-state index >= 15 is 0 Å². The number of nitrogens with one attached hydrogen (secondary N) is 1. The highest BCUT2D eigenvalue weighted by Crippen LogP contribution is 2.29. The van der Waals surface area contributed by atoms with E-state index in [1.807, 2.05) is 30.3 Å². The van der Waals surface area contributed by atoms with E-state index in [9.17, 15) is 4.39 Å². The smallest absolute Gasteiger partial charge is 0.126 e. The van der Waals surface area contributed by atoms with E-state index in [0.29, 0.717) is 10.6 Å². The molecule has 0 radical (unpaired) electrons. The number of halogens is 3. The zero-order chi connectivity index (χ0) is 15.4. The fourth-order valence-electron chi connectivity index (χ4n) is 2.20. The third-order valence-electron chi connectivity index (χ3n) is 3.40. The maximum atomic E-state index is 13.9. The standard InChI is InChI=1S/C17H18BrClFN/c1-3-8-21-17(12-6-7-14(18)15(19)9-12)13-5-4-11(2)16(20)10-13/h4-7,9-10,17,21H,3,8H2,1-2H3. The largest absolute Gasteiger partial charge is 0.306 e. The van der Waals surface area contributed by atoms with Gasteiger partial charge in [-0.3, -0.25) is 0 Å². The molecule has 112 valence electrons. The Labute approximate surface area is 138 Å². The Bertz CT molecular complexity index is 579. The minimum absolute atomic E-state index is 0.0642. The quantitative estimate of drug-likeness (QED) is 0.718. The number of benzene rings is 2. The summed E-state index contributed by atoms with van der Waals surface area (Å²) >= 11 is 9.58. The predicted octanol–water partition coefficient (Wildman–Crippen LogP) is 5.64. The molecule has 0 aromatic heterocycles. The number of hydrogen-bond donors (Lipinski definition) is 1. The molecule has 2 aromatic rings. The highest BCUT2D eigenvalue weighted by Gasteiger charge is 2.15. The first-order chi connectivity index (χ1) is 10.0. The Morgan fingerprint density at radius 1 is 1.19 bits per heavy atom. The Morgan fingerprint density at radius 2 is 1.86 bits per heavy atom. The zero-order valence-electron chi connectivity index (χ0n) is 12.1. The van der Waals surface area contributed by atoms with Crippen LogP contribution in [0.25, 0.3) is 0 Å². The molecule has 0 spiro atoms. The van der Waals surface area contributed by atoms with Crippen LogP contribution in [0.1, 0.15) is 36.1 Å². The van der Waals surface area contributed by atoms with Gasteiger partial charge in [0, 0.05) is 4.47 Å². The Balaban J connectivity index is 2.41. The molecule has 2 aromatic carbocycles. The van der Waals surface area contributed by atoms with Crippen LogP contribution < -0.4 is 5.32 Å². The Hall–Kier alpha value is -0.900. The van der Waals surface area contributed by atoms with Gasteiger partial charge in [0.15, 0.2) is 0 Å². The topological polar surface area (TPSA) is 12.0 Å². The van der Waals surface area contributed by atoms with Crippen molar-refractivity contribution in [2.45, 2.75) is 26.3 Å². The molecule has 0 fully saturated rings. The van der Waals surface area contributed by atoms with E-state index in [1.54, 1.807) is 13.0 Å². The number of aryl methyl sites for hydroxylation is 1. The van der Waals surface area contributed by atoms with Gasteiger partial charge < -0.3 is 5.32 Å². The van der Waals surface area contributed by atoms with Crippen molar-refractivity contribution in [3.8, 4) is 0 Å². The van der Waals surface area contributed by atoms with Gasteiger partial charge in [-0.05, 0) is 70.7 Å². The van der Waals surface area contributed by atoms with Crippen LogP contribution in [0.15, 0.2) is 40.9 Å². The summed E-state index contributed by atoms with van der Waals surface area (Å²) in [5.74, 6) is -0.181. The highest BCUT2D eigenvalue weighted by atomic mass is 79.9. The third kappa shape index (κ3) is 4.06. The molecule has 1 nitrogen and oxygen atoms in total. The van der Waals surface area contributed by atoms with E-state index < -0.39 is 0 Å². The average molecular weight is 371 g/mol. The summed E-state index contributed by atoms with van der Waals surface area (Å²) in [6, 6.07) is 11.1. The van der Waals surface area contributed by atoms with Crippen LogP contribution in [0.2, 0.25) is 5.02 Å². The molecule has 1 N–H and O–H groups in total. The summed E-state index contributed by atoms with van der Waals surface area (Å²) in [6.45, 7) is 4.73. The summed E-state index contributed by atoms with van der Waals surface area (Å²) in [6.07, 6.45) is 1.01. The minimum atomic E-state index is -0.181. The summed E-state index contributed by atoms with van der Waals surface area (Å²) < 4.78 is 14.7. The maximum absolute atomic E-state index is 13.9. The van der Waals surface area contributed by atoms with E-state index in [0.717, 1.165) is 28.6 Å². The summed E-state index contributed by atoms with van der Waals surface area (Å²) in [7, 11) is 0. The lowest BCUT2D eigenvalue weighted by Crippen LogP contribution is -2.23. The van der Waals surface area contributed by atoms with Crippen molar-refractivity contribution < 1.29 is 4.39 Å². The van der Waals surface area contributed by atoms with Crippen molar-refractivity contribution >= 4 is 27.5 Å². The molecule has 1 unspecified atom stereocenters. The van der Waals surface area contributed by atoms with Gasteiger partial charge in [0.2, 0.25) is 0 Å². The molecule has 4 heteroatoms. The second-order valence-electron chi connectivity index (χ2n) is 5.07. The molecular formula is C17H18BrClFN. The molecule has 0 bridgehead atoms. The van der Waals surface area contributed by atoms with Crippen LogP contribution in [0.4, 0.5) is 4.39 Å². The van der Waals surface area contributed by atoms with Crippen LogP contribution in [-0.2, 0) is 0 Å². The predicted molar refractivity (Wildman–Crippen MR) is 90.4 cm³/mol. The van der Waals surface area contributed by atoms with E-state index in [1.165, 1.54) is 0 Å². The van der Waals surface area contributed by atoms with Crippen molar-refractivity contribution in [3.05, 3.63) is 68.4 Å². The van der Waals surface area contributed by atoms with Gasteiger partial charge in [-0.25, -0.2) is 4.39 Å². The first-order valence-corrected chi connectivity index (χ1v) is 8.14. The van der Waals surface area contributed by atoms with Gasteiger partial charge in [-0.15, -0.1) is 0 Å². The molecule has 0 saturated carbocycles. The average Bonchev–Trinajstić information content (AvgIpc) is 2.46. The molecule has 0 aliphatic rings. The molecule has 0 heterocycles. The molecule has 0 aliphatic heterocycles. The molecule has 0 aliphatic carbocycles. The van der Waals surface area contributed by atoms with Crippen molar-refractivity contribution in [3.63, 3.8) is 0 Å². The fraction of sp³-hybridized carbons (Fsp3) is 0.294. The van der Waals surface area contributed by atoms with Crippen LogP contribution in [0.3, 0.4) is 0 Å². The van der Waals surface area contributed by atoms with Crippen LogP contribution in [-0.4, -0.2) is 6.54 Å². The highest BCUT2D eigenvalue weighted by molar-refractivity contribution is 9.10. The lowest BCUT2D eigenvalue weighted by molar-refractivity contribution is 0.582. The monoisotopic (exact) mass is 369 g/mol. The van der Waals surface area contributed by atoms with Gasteiger partial charge in [0.05, 0.1) is 11.1 Å². The van der Waals surface area contributed by atoms with Crippen molar-refractivity contribution in [2.75, 3.05) is 6.54 Å². The van der Waals surface area contributed by atoms with Crippen LogP contribution in [0.5, 0.6) is 0 Å². The normalized spacial score (nSPS) is 12.4. The SMILES string of the molecule is CCCNC(c1ccc(C)c(F)c1)c1ccc(Br)c(Cl)c1. The lowest BCUT2D eigenvalue weighted by atomic mass is 9.97. The van der Waals surface area contributed by atoms with E-state index in [4.69, 9.17) is 11.6 Å². The Morgan fingerprint density at radius 3 is 2.48 bits per heavy atom. The summed E-state index contributed by atoms with van der Waals surface area (Å²) in [5, 5.41) is 4.11. The number of rotatable bonds is 5. The molecule has 1 atom stereocenters. The van der Waals surface area contributed by atoms with Gasteiger partial charge in [-0.1, -0.05) is 36.7 Å². The first-order valence-electron chi connectivity index (χ1n) is 6.97. The molecule has 21 heavy (non-hydrogen) atoms. The van der Waals surface area contributed by atoms with E-state index in [-0.39, 0.29) is 11.9 Å². The minimum Gasteiger partial charge on any atom is -0.306 e. The van der Waals surface area contributed by atoms with Crippen molar-refractivity contribution in [2.24, 2.45) is 0 Å². The second kappa shape index (κ2) is 7.39. The lowest BCUT2D eigenvalue weighted by Gasteiger charge is -2.20. The van der Waals surface area contributed by atoms with Gasteiger partial charge in [0.25, 0.3) is 0 Å². The molecular weight excluding hydrogens is 353 g/mol. The van der Waals surface area contributed by atoms with Crippen molar-refractivity contribution in [1.29, 1.82) is 0 Å². The first kappa shape index (κ1) is 16.5. The maximum Gasteiger partial charge on any atom is 0.126 e. The molecule has 2 rings (SSSR count). The molecule has 0 amide bonds. The fourth-order valence-corrected chi connectivity index (χ4v) is 2.63. The number of hydrogen-bond acceptors (Lipinski definition) is 1.